The number of anilines is 1. The van der Waals surface area contributed by atoms with Crippen LogP contribution in [0.5, 0.6) is 0 Å². The Morgan fingerprint density at radius 2 is 2.22 bits per heavy atom. The molecule has 1 unspecified atom stereocenters. The normalized spacial score (nSPS) is 18.1. The highest BCUT2D eigenvalue weighted by atomic mass is 16.5. The van der Waals surface area contributed by atoms with E-state index in [9.17, 15) is 4.79 Å². The molecule has 3 rings (SSSR count). The van der Waals surface area contributed by atoms with Crippen molar-refractivity contribution in [2.75, 3.05) is 25.4 Å². The van der Waals surface area contributed by atoms with E-state index in [1.165, 1.54) is 0 Å². The van der Waals surface area contributed by atoms with Gasteiger partial charge in [-0.25, -0.2) is 9.97 Å². The number of rotatable bonds is 5. The lowest BCUT2D eigenvalue weighted by Crippen LogP contribution is -2.42. The average Bonchev–Trinajstić information content (AvgIpc) is 3.09. The number of nitrogen functional groups attached to an aromatic ring is 1. The van der Waals surface area contributed by atoms with Gasteiger partial charge in [-0.3, -0.25) is 9.78 Å². The third-order valence-corrected chi connectivity index (χ3v) is 3.85. The molecule has 1 aliphatic heterocycles. The molecule has 0 bridgehead atoms. The molecule has 0 radical (unpaired) electrons. The quantitative estimate of drug-likeness (QED) is 0.869. The summed E-state index contributed by atoms with van der Waals surface area (Å²) in [5.74, 6) is 0.479. The molecule has 0 aliphatic carbocycles. The molecule has 0 saturated carbocycles. The van der Waals surface area contributed by atoms with Gasteiger partial charge in [-0.15, -0.1) is 0 Å². The largest absolute Gasteiger partial charge is 0.382 e. The number of aromatic nitrogens is 4. The second kappa shape index (κ2) is 7.19. The summed E-state index contributed by atoms with van der Waals surface area (Å²) in [7, 11) is 0. The SMILES string of the molecule is Nc1nccnc1C1CN(C(=O)CCCn2ccnc2)CCO1. The molecule has 1 atom stereocenters. The zero-order valence-electron chi connectivity index (χ0n) is 12.8. The van der Waals surface area contributed by atoms with Crippen LogP contribution in [0.25, 0.3) is 0 Å². The van der Waals surface area contributed by atoms with Gasteiger partial charge in [0.2, 0.25) is 5.91 Å². The van der Waals surface area contributed by atoms with Crippen LogP contribution in [0, 0.1) is 0 Å². The van der Waals surface area contributed by atoms with Gasteiger partial charge in [0, 0.05) is 44.3 Å². The van der Waals surface area contributed by atoms with Gasteiger partial charge in [-0.1, -0.05) is 0 Å². The first kappa shape index (κ1) is 15.4. The van der Waals surface area contributed by atoms with Crippen molar-refractivity contribution in [1.29, 1.82) is 0 Å². The van der Waals surface area contributed by atoms with E-state index < -0.39 is 0 Å². The molecule has 23 heavy (non-hydrogen) atoms. The Balaban J connectivity index is 1.53. The van der Waals surface area contributed by atoms with Crippen molar-refractivity contribution in [1.82, 2.24) is 24.4 Å². The number of carbonyl (C=O) groups excluding carboxylic acids is 1. The van der Waals surface area contributed by atoms with Gasteiger partial charge in [0.1, 0.15) is 17.6 Å². The van der Waals surface area contributed by atoms with E-state index in [-0.39, 0.29) is 12.0 Å². The first-order chi connectivity index (χ1) is 11.2. The fourth-order valence-electron chi connectivity index (χ4n) is 2.64. The van der Waals surface area contributed by atoms with Crippen LogP contribution in [0.4, 0.5) is 5.82 Å². The molecule has 8 heteroatoms. The van der Waals surface area contributed by atoms with Crippen LogP contribution in [0.3, 0.4) is 0 Å². The Morgan fingerprint density at radius 3 is 3.00 bits per heavy atom. The van der Waals surface area contributed by atoms with Crippen molar-refractivity contribution in [3.8, 4) is 0 Å². The highest BCUT2D eigenvalue weighted by Gasteiger charge is 2.27. The third kappa shape index (κ3) is 3.84. The highest BCUT2D eigenvalue weighted by molar-refractivity contribution is 5.76. The molecule has 2 N–H and O–H groups in total. The maximum atomic E-state index is 12.4. The smallest absolute Gasteiger partial charge is 0.222 e. The lowest BCUT2D eigenvalue weighted by atomic mass is 10.1. The number of morpholine rings is 1. The summed E-state index contributed by atoms with van der Waals surface area (Å²) in [6.45, 7) is 2.33. The second-order valence-electron chi connectivity index (χ2n) is 5.43. The summed E-state index contributed by atoms with van der Waals surface area (Å²) in [6, 6.07) is 0. The minimum atomic E-state index is -0.310. The molecule has 122 valence electrons. The summed E-state index contributed by atoms with van der Waals surface area (Å²) in [5.41, 5.74) is 6.44. The Kier molecular flexibility index (Phi) is 4.82. The van der Waals surface area contributed by atoms with Gasteiger partial charge in [-0.05, 0) is 6.42 Å². The number of ether oxygens (including phenoxy) is 1. The van der Waals surface area contributed by atoms with Crippen molar-refractivity contribution in [2.24, 2.45) is 0 Å². The van der Waals surface area contributed by atoms with Gasteiger partial charge < -0.3 is 19.9 Å². The van der Waals surface area contributed by atoms with E-state index in [1.54, 1.807) is 24.9 Å². The fraction of sp³-hybridized carbons (Fsp3) is 0.467. The summed E-state index contributed by atoms with van der Waals surface area (Å²) in [6.07, 6.45) is 9.49. The van der Waals surface area contributed by atoms with Gasteiger partial charge in [0.15, 0.2) is 0 Å². The maximum absolute atomic E-state index is 12.4. The molecule has 1 amide bonds. The number of hydrogen-bond donors (Lipinski definition) is 1. The number of hydrogen-bond acceptors (Lipinski definition) is 6. The number of nitrogens with zero attached hydrogens (tertiary/aromatic N) is 5. The Bertz CT molecular complexity index is 645. The van der Waals surface area contributed by atoms with E-state index in [4.69, 9.17) is 10.5 Å². The third-order valence-electron chi connectivity index (χ3n) is 3.85. The first-order valence-corrected chi connectivity index (χ1v) is 7.65. The van der Waals surface area contributed by atoms with Gasteiger partial charge in [-0.2, -0.15) is 0 Å². The molecule has 0 aromatic carbocycles. The zero-order valence-corrected chi connectivity index (χ0v) is 12.8. The molecule has 1 aliphatic rings. The summed E-state index contributed by atoms with van der Waals surface area (Å²) in [5, 5.41) is 0. The molecule has 1 fully saturated rings. The molecule has 3 heterocycles. The summed E-state index contributed by atoms with van der Waals surface area (Å²) >= 11 is 0. The topological polar surface area (TPSA) is 99.2 Å². The minimum absolute atomic E-state index is 0.126. The minimum Gasteiger partial charge on any atom is -0.382 e. The molecular formula is C15H20N6O2. The highest BCUT2D eigenvalue weighted by Crippen LogP contribution is 2.24. The second-order valence-corrected chi connectivity index (χ2v) is 5.43. The summed E-state index contributed by atoms with van der Waals surface area (Å²) in [4.78, 5) is 26.4. The molecule has 2 aromatic heterocycles. The molecule has 2 aromatic rings. The van der Waals surface area contributed by atoms with Crippen molar-refractivity contribution in [2.45, 2.75) is 25.5 Å². The van der Waals surface area contributed by atoms with Gasteiger partial charge in [0.05, 0.1) is 19.5 Å². The van der Waals surface area contributed by atoms with Crippen molar-refractivity contribution < 1.29 is 9.53 Å². The van der Waals surface area contributed by atoms with Crippen molar-refractivity contribution in [3.63, 3.8) is 0 Å². The predicted octanol–water partition coefficient (Wildman–Crippen LogP) is 0.636. The van der Waals surface area contributed by atoms with Crippen LogP contribution in [0.15, 0.2) is 31.1 Å². The van der Waals surface area contributed by atoms with Crippen LogP contribution < -0.4 is 5.73 Å². The lowest BCUT2D eigenvalue weighted by Gasteiger charge is -2.33. The predicted molar refractivity (Wildman–Crippen MR) is 83.2 cm³/mol. The average molecular weight is 316 g/mol. The Labute approximate surface area is 134 Å². The molecular weight excluding hydrogens is 296 g/mol. The zero-order chi connectivity index (χ0) is 16.1. The first-order valence-electron chi connectivity index (χ1n) is 7.65. The van der Waals surface area contributed by atoms with E-state index in [0.29, 0.717) is 37.6 Å². The fourth-order valence-corrected chi connectivity index (χ4v) is 2.64. The van der Waals surface area contributed by atoms with Gasteiger partial charge in [0.25, 0.3) is 0 Å². The maximum Gasteiger partial charge on any atom is 0.222 e. The number of nitrogens with two attached hydrogens (primary N) is 1. The van der Waals surface area contributed by atoms with Crippen molar-refractivity contribution >= 4 is 11.7 Å². The molecule has 1 saturated heterocycles. The van der Waals surface area contributed by atoms with Crippen LogP contribution in [0.1, 0.15) is 24.6 Å². The number of carbonyl (C=O) groups is 1. The number of amides is 1. The standard InChI is InChI=1S/C15H20N6O2/c16-15-14(18-3-4-19-15)12-10-21(8-9-23-12)13(22)2-1-6-20-7-5-17-11-20/h3-5,7,11-12H,1-2,6,8-10H2,(H2,16,19). The van der Waals surface area contributed by atoms with E-state index in [2.05, 4.69) is 15.0 Å². The number of aryl methyl sites for hydroxylation is 1. The van der Waals surface area contributed by atoms with Crippen LogP contribution in [0.2, 0.25) is 0 Å². The molecule has 8 nitrogen and oxygen atoms in total. The van der Waals surface area contributed by atoms with E-state index in [1.807, 2.05) is 15.7 Å². The Morgan fingerprint density at radius 1 is 1.35 bits per heavy atom. The van der Waals surface area contributed by atoms with Crippen LogP contribution in [-0.2, 0) is 16.1 Å². The van der Waals surface area contributed by atoms with E-state index >= 15 is 0 Å². The summed E-state index contributed by atoms with van der Waals surface area (Å²) < 4.78 is 7.67. The monoisotopic (exact) mass is 316 g/mol. The Hall–Kier alpha value is -2.48. The van der Waals surface area contributed by atoms with Crippen LogP contribution in [-0.4, -0.2) is 50.0 Å². The number of imidazole rings is 1. The van der Waals surface area contributed by atoms with E-state index in [0.717, 1.165) is 13.0 Å². The lowest BCUT2D eigenvalue weighted by molar-refractivity contribution is -0.139. The van der Waals surface area contributed by atoms with Crippen LogP contribution >= 0.6 is 0 Å². The molecule has 0 spiro atoms. The van der Waals surface area contributed by atoms with Gasteiger partial charge >= 0.3 is 0 Å². The van der Waals surface area contributed by atoms with Crippen molar-refractivity contribution in [3.05, 3.63) is 36.8 Å².